The van der Waals surface area contributed by atoms with Crippen molar-refractivity contribution in [1.82, 2.24) is 15.6 Å². The Labute approximate surface area is 148 Å². The number of guanidine groups is 1. The highest BCUT2D eigenvalue weighted by Crippen LogP contribution is 2.25. The highest BCUT2D eigenvalue weighted by Gasteiger charge is 2.27. The Balaban J connectivity index is 1.69. The molecule has 1 aromatic heterocycles. The molecule has 24 heavy (non-hydrogen) atoms. The first-order chi connectivity index (χ1) is 11.6. The predicted molar refractivity (Wildman–Crippen MR) is 97.4 cm³/mol. The van der Waals surface area contributed by atoms with Gasteiger partial charge < -0.3 is 15.4 Å². The van der Waals surface area contributed by atoms with Gasteiger partial charge in [0.25, 0.3) is 0 Å². The van der Waals surface area contributed by atoms with E-state index in [9.17, 15) is 4.79 Å². The van der Waals surface area contributed by atoms with Crippen molar-refractivity contribution in [3.63, 3.8) is 0 Å². The first-order valence-electron chi connectivity index (χ1n) is 8.67. The monoisotopic (exact) mass is 352 g/mol. The van der Waals surface area contributed by atoms with Gasteiger partial charge in [0.05, 0.1) is 17.5 Å². The molecule has 6 nitrogen and oxygen atoms in total. The summed E-state index contributed by atoms with van der Waals surface area (Å²) in [6.45, 7) is 5.20. The van der Waals surface area contributed by atoms with E-state index >= 15 is 0 Å². The summed E-state index contributed by atoms with van der Waals surface area (Å²) in [7, 11) is 1.78. The fourth-order valence-corrected chi connectivity index (χ4v) is 3.71. The molecule has 0 aromatic carbocycles. The molecule has 2 rings (SSSR count). The van der Waals surface area contributed by atoms with Gasteiger partial charge in [0, 0.05) is 37.1 Å². The van der Waals surface area contributed by atoms with E-state index in [1.807, 2.05) is 13.1 Å². The third kappa shape index (κ3) is 5.78. The first-order valence-corrected chi connectivity index (χ1v) is 9.49. The second-order valence-corrected chi connectivity index (χ2v) is 7.38. The second-order valence-electron chi connectivity index (χ2n) is 6.06. The lowest BCUT2D eigenvalue weighted by Gasteiger charge is -2.29. The van der Waals surface area contributed by atoms with Crippen molar-refractivity contribution in [3.05, 3.63) is 16.1 Å². The maximum absolute atomic E-state index is 11.8. The fraction of sp³-hybridized carbons (Fsp3) is 0.706. The minimum Gasteiger partial charge on any atom is -0.466 e. The maximum Gasteiger partial charge on any atom is 0.308 e. The minimum atomic E-state index is -0.0443. The normalized spacial score (nSPS) is 21.4. The third-order valence-electron chi connectivity index (χ3n) is 4.21. The van der Waals surface area contributed by atoms with Gasteiger partial charge >= 0.3 is 5.97 Å². The van der Waals surface area contributed by atoms with Gasteiger partial charge in [-0.3, -0.25) is 9.79 Å². The number of rotatable bonds is 6. The van der Waals surface area contributed by atoms with Gasteiger partial charge in [-0.2, -0.15) is 0 Å². The highest BCUT2D eigenvalue weighted by molar-refractivity contribution is 7.11. The number of ether oxygens (including phenoxy) is 1. The molecule has 0 saturated heterocycles. The number of carbonyl (C=O) groups is 1. The molecule has 0 spiro atoms. The maximum atomic E-state index is 11.8. The number of esters is 1. The molecule has 0 unspecified atom stereocenters. The summed E-state index contributed by atoms with van der Waals surface area (Å²) in [5, 5.41) is 7.94. The first kappa shape index (κ1) is 18.7. The Bertz CT molecular complexity index is 551. The Morgan fingerprint density at radius 2 is 2.17 bits per heavy atom. The van der Waals surface area contributed by atoms with E-state index in [-0.39, 0.29) is 11.9 Å². The molecule has 1 heterocycles. The van der Waals surface area contributed by atoms with Crippen LogP contribution in [0.5, 0.6) is 0 Å². The van der Waals surface area contributed by atoms with E-state index < -0.39 is 0 Å². The molecular formula is C17H28N4O2S. The number of hydrogen-bond acceptors (Lipinski definition) is 5. The smallest absolute Gasteiger partial charge is 0.308 e. The predicted octanol–water partition coefficient (Wildman–Crippen LogP) is 2.28. The van der Waals surface area contributed by atoms with E-state index in [0.29, 0.717) is 12.6 Å². The van der Waals surface area contributed by atoms with Crippen LogP contribution in [0.2, 0.25) is 0 Å². The van der Waals surface area contributed by atoms with E-state index in [0.717, 1.165) is 49.6 Å². The molecule has 1 saturated carbocycles. The molecule has 0 bridgehead atoms. The number of thiazole rings is 1. The van der Waals surface area contributed by atoms with Crippen LogP contribution in [0, 0.1) is 12.8 Å². The number of carbonyl (C=O) groups excluding carboxylic acids is 1. The standard InChI is InChI=1S/C17H28N4O2S/c1-4-23-16(22)13-5-7-14(8-6-13)21-17(18-3)19-10-9-15-20-11-12(2)24-15/h11,13-14H,4-10H2,1-3H3,(H2,18,19,21). The van der Waals surface area contributed by atoms with Gasteiger partial charge in [-0.25, -0.2) is 4.98 Å². The van der Waals surface area contributed by atoms with Gasteiger partial charge in [0.2, 0.25) is 0 Å². The zero-order valence-corrected chi connectivity index (χ0v) is 15.6. The van der Waals surface area contributed by atoms with Crippen LogP contribution in [-0.4, -0.2) is 43.2 Å². The summed E-state index contributed by atoms with van der Waals surface area (Å²) in [5.74, 6) is 0.839. The van der Waals surface area contributed by atoms with Gasteiger partial charge in [-0.1, -0.05) is 0 Å². The summed E-state index contributed by atoms with van der Waals surface area (Å²) < 4.78 is 5.12. The van der Waals surface area contributed by atoms with Crippen LogP contribution in [0.4, 0.5) is 0 Å². The molecule has 134 valence electrons. The molecule has 1 fully saturated rings. The van der Waals surface area contributed by atoms with Crippen molar-refractivity contribution >= 4 is 23.3 Å². The number of aromatic nitrogens is 1. The molecular weight excluding hydrogens is 324 g/mol. The van der Waals surface area contributed by atoms with Crippen molar-refractivity contribution in [1.29, 1.82) is 0 Å². The summed E-state index contributed by atoms with van der Waals surface area (Å²) in [6.07, 6.45) is 6.51. The Morgan fingerprint density at radius 3 is 2.75 bits per heavy atom. The number of hydrogen-bond donors (Lipinski definition) is 2. The zero-order valence-electron chi connectivity index (χ0n) is 14.8. The molecule has 1 aliphatic carbocycles. The van der Waals surface area contributed by atoms with Crippen LogP contribution < -0.4 is 10.6 Å². The van der Waals surface area contributed by atoms with Gasteiger partial charge in [0.1, 0.15) is 0 Å². The molecule has 1 aliphatic rings. The third-order valence-corrected chi connectivity index (χ3v) is 5.18. The quantitative estimate of drug-likeness (QED) is 0.467. The molecule has 7 heteroatoms. The Kier molecular flexibility index (Phi) is 7.49. The van der Waals surface area contributed by atoms with Crippen LogP contribution in [0.25, 0.3) is 0 Å². The molecule has 0 radical (unpaired) electrons. The van der Waals surface area contributed by atoms with Crippen molar-refractivity contribution in [2.45, 2.75) is 52.0 Å². The lowest BCUT2D eigenvalue weighted by atomic mass is 9.86. The van der Waals surface area contributed by atoms with Crippen LogP contribution in [0.3, 0.4) is 0 Å². The fourth-order valence-electron chi connectivity index (χ4n) is 2.93. The van der Waals surface area contributed by atoms with Crippen LogP contribution in [-0.2, 0) is 16.0 Å². The van der Waals surface area contributed by atoms with Crippen molar-refractivity contribution < 1.29 is 9.53 Å². The molecule has 0 amide bonds. The molecule has 0 aliphatic heterocycles. The summed E-state index contributed by atoms with van der Waals surface area (Å²) in [4.78, 5) is 21.7. The largest absolute Gasteiger partial charge is 0.466 e. The second kappa shape index (κ2) is 9.61. The molecule has 2 N–H and O–H groups in total. The highest BCUT2D eigenvalue weighted by atomic mass is 32.1. The van der Waals surface area contributed by atoms with E-state index in [4.69, 9.17) is 4.74 Å². The summed E-state index contributed by atoms with van der Waals surface area (Å²) in [5.41, 5.74) is 0. The van der Waals surface area contributed by atoms with Gasteiger partial charge in [-0.15, -0.1) is 11.3 Å². The van der Waals surface area contributed by atoms with E-state index in [2.05, 4.69) is 27.5 Å². The summed E-state index contributed by atoms with van der Waals surface area (Å²) in [6, 6.07) is 0.365. The number of nitrogens with one attached hydrogen (secondary N) is 2. The van der Waals surface area contributed by atoms with E-state index in [1.165, 1.54) is 4.88 Å². The SMILES string of the molecule is CCOC(=O)C1CCC(NC(=NC)NCCc2ncc(C)s2)CC1. The Morgan fingerprint density at radius 1 is 1.42 bits per heavy atom. The minimum absolute atomic E-state index is 0.0443. The lowest BCUT2D eigenvalue weighted by molar-refractivity contribution is -0.149. The average molecular weight is 353 g/mol. The zero-order chi connectivity index (χ0) is 17.4. The molecule has 0 atom stereocenters. The Hall–Kier alpha value is -1.63. The average Bonchev–Trinajstić information content (AvgIpc) is 3.00. The van der Waals surface area contributed by atoms with Crippen molar-refractivity contribution in [2.24, 2.45) is 10.9 Å². The van der Waals surface area contributed by atoms with Crippen LogP contribution in [0.15, 0.2) is 11.2 Å². The van der Waals surface area contributed by atoms with Gasteiger partial charge in [-0.05, 0) is 39.5 Å². The van der Waals surface area contributed by atoms with Crippen LogP contribution >= 0.6 is 11.3 Å². The molecule has 1 aromatic rings. The number of nitrogens with zero attached hydrogens (tertiary/aromatic N) is 2. The lowest BCUT2D eigenvalue weighted by Crippen LogP contribution is -2.45. The van der Waals surface area contributed by atoms with Crippen molar-refractivity contribution in [3.8, 4) is 0 Å². The number of aliphatic imine (C=N–C) groups is 1. The van der Waals surface area contributed by atoms with E-state index in [1.54, 1.807) is 18.4 Å². The van der Waals surface area contributed by atoms with Gasteiger partial charge in [0.15, 0.2) is 5.96 Å². The van der Waals surface area contributed by atoms with Crippen LogP contribution in [0.1, 0.15) is 42.5 Å². The van der Waals surface area contributed by atoms with Crippen molar-refractivity contribution in [2.75, 3.05) is 20.2 Å². The summed E-state index contributed by atoms with van der Waals surface area (Å²) >= 11 is 1.73. The number of aryl methyl sites for hydroxylation is 1. The topological polar surface area (TPSA) is 75.6 Å².